The van der Waals surface area contributed by atoms with Gasteiger partial charge in [-0.15, -0.1) is 0 Å². The Bertz CT molecular complexity index is 603. The lowest BCUT2D eigenvalue weighted by Gasteiger charge is -2.06. The quantitative estimate of drug-likeness (QED) is 0.717. The molecular weight excluding hydrogens is 219 g/mol. The number of rotatable bonds is 0. The average Bonchev–Trinajstić information content (AvgIpc) is 2.59. The van der Waals surface area contributed by atoms with Crippen molar-refractivity contribution < 1.29 is 9.18 Å². The first-order valence-corrected chi connectivity index (χ1v) is 5.74. The molecule has 3 nitrogen and oxygen atoms in total. The largest absolute Gasteiger partial charge is 0.357 e. The Morgan fingerprint density at radius 1 is 1.41 bits per heavy atom. The predicted molar refractivity (Wildman–Crippen MR) is 63.4 cm³/mol. The first kappa shape index (κ1) is 10.3. The zero-order chi connectivity index (χ0) is 12.0. The summed E-state index contributed by atoms with van der Waals surface area (Å²) >= 11 is 0. The molecule has 0 fully saturated rings. The number of aromatic amines is 1. The highest BCUT2D eigenvalue weighted by atomic mass is 19.1. The summed E-state index contributed by atoms with van der Waals surface area (Å²) in [5, 5.41) is 3.89. The van der Waals surface area contributed by atoms with Crippen molar-refractivity contribution in [2.75, 3.05) is 6.54 Å². The normalized spacial score (nSPS) is 19.9. The van der Waals surface area contributed by atoms with Gasteiger partial charge in [-0.3, -0.25) is 4.79 Å². The number of H-pyrrole nitrogens is 1. The molecule has 1 atom stereocenters. The summed E-state index contributed by atoms with van der Waals surface area (Å²) in [7, 11) is 0. The fourth-order valence-electron chi connectivity index (χ4n) is 2.48. The molecule has 1 aliphatic heterocycles. The summed E-state index contributed by atoms with van der Waals surface area (Å²) in [6.45, 7) is 2.51. The molecular formula is C13H13FN2O. The van der Waals surface area contributed by atoms with Gasteiger partial charge in [0.05, 0.1) is 5.92 Å². The molecule has 2 aromatic rings. The molecule has 0 spiro atoms. The van der Waals surface area contributed by atoms with Crippen molar-refractivity contribution in [1.29, 1.82) is 0 Å². The van der Waals surface area contributed by atoms with E-state index in [1.165, 1.54) is 12.1 Å². The molecule has 2 N–H and O–H groups in total. The summed E-state index contributed by atoms with van der Waals surface area (Å²) < 4.78 is 13.2. The van der Waals surface area contributed by atoms with E-state index in [4.69, 9.17) is 0 Å². The van der Waals surface area contributed by atoms with Crippen molar-refractivity contribution in [3.8, 4) is 0 Å². The van der Waals surface area contributed by atoms with Gasteiger partial charge in [-0.05, 0) is 37.1 Å². The molecule has 17 heavy (non-hydrogen) atoms. The molecule has 1 unspecified atom stereocenters. The zero-order valence-electron chi connectivity index (χ0n) is 9.51. The van der Waals surface area contributed by atoms with E-state index >= 15 is 0 Å². The van der Waals surface area contributed by atoms with E-state index in [-0.39, 0.29) is 17.6 Å². The molecule has 0 bridgehead atoms. The van der Waals surface area contributed by atoms with E-state index in [0.717, 1.165) is 28.6 Å². The third-order valence-electron chi connectivity index (χ3n) is 3.40. The van der Waals surface area contributed by atoms with Crippen molar-refractivity contribution in [1.82, 2.24) is 10.3 Å². The van der Waals surface area contributed by atoms with Gasteiger partial charge in [0.15, 0.2) is 0 Å². The van der Waals surface area contributed by atoms with Crippen LogP contribution in [0.1, 0.15) is 24.1 Å². The fourth-order valence-corrected chi connectivity index (χ4v) is 2.48. The van der Waals surface area contributed by atoms with Crippen LogP contribution in [0.4, 0.5) is 4.39 Å². The minimum absolute atomic E-state index is 0.0239. The van der Waals surface area contributed by atoms with Crippen LogP contribution < -0.4 is 5.32 Å². The van der Waals surface area contributed by atoms with Crippen molar-refractivity contribution in [3.63, 3.8) is 0 Å². The van der Waals surface area contributed by atoms with E-state index in [1.54, 1.807) is 6.07 Å². The van der Waals surface area contributed by atoms with Crippen LogP contribution in [0.25, 0.3) is 10.9 Å². The highest BCUT2D eigenvalue weighted by molar-refractivity contribution is 5.90. The van der Waals surface area contributed by atoms with E-state index in [1.807, 2.05) is 6.92 Å². The number of aromatic nitrogens is 1. The lowest BCUT2D eigenvalue weighted by Crippen LogP contribution is -2.27. The van der Waals surface area contributed by atoms with Crippen molar-refractivity contribution in [3.05, 3.63) is 35.3 Å². The second kappa shape index (κ2) is 3.58. The van der Waals surface area contributed by atoms with Gasteiger partial charge < -0.3 is 10.3 Å². The first-order valence-electron chi connectivity index (χ1n) is 5.74. The maximum atomic E-state index is 13.2. The number of halogens is 1. The van der Waals surface area contributed by atoms with E-state index < -0.39 is 0 Å². The Balaban J connectivity index is 2.26. The number of fused-ring (bicyclic) bond motifs is 3. The zero-order valence-corrected chi connectivity index (χ0v) is 9.51. The molecule has 0 saturated heterocycles. The van der Waals surface area contributed by atoms with Crippen LogP contribution in [-0.4, -0.2) is 17.4 Å². The molecule has 1 aliphatic rings. The second-order valence-corrected chi connectivity index (χ2v) is 4.47. The number of carbonyl (C=O) groups is 1. The molecule has 1 amide bonds. The summed E-state index contributed by atoms with van der Waals surface area (Å²) in [6.07, 6.45) is 0.789. The van der Waals surface area contributed by atoms with E-state index in [2.05, 4.69) is 10.3 Å². The smallest absolute Gasteiger partial charge is 0.228 e. The number of amides is 1. The van der Waals surface area contributed by atoms with Crippen LogP contribution in [0, 0.1) is 5.82 Å². The van der Waals surface area contributed by atoms with Gasteiger partial charge in [0.2, 0.25) is 5.91 Å². The topological polar surface area (TPSA) is 44.9 Å². The number of benzene rings is 1. The van der Waals surface area contributed by atoms with Gasteiger partial charge in [0.1, 0.15) is 5.82 Å². The molecule has 88 valence electrons. The SMILES string of the molecule is CC1C(=O)NCCc2c1[nH]c1cc(F)ccc21. The molecule has 3 rings (SSSR count). The van der Waals surface area contributed by atoms with Gasteiger partial charge in [-0.2, -0.15) is 0 Å². The van der Waals surface area contributed by atoms with Crippen LogP contribution >= 0.6 is 0 Å². The maximum absolute atomic E-state index is 13.2. The summed E-state index contributed by atoms with van der Waals surface area (Å²) in [6, 6.07) is 4.72. The highest BCUT2D eigenvalue weighted by Crippen LogP contribution is 2.30. The standard InChI is InChI=1S/C13H13FN2O/c1-7-12-10(4-5-15-13(7)17)9-3-2-8(14)6-11(9)16-12/h2-3,6-7,16H,4-5H2,1H3,(H,15,17). The van der Waals surface area contributed by atoms with Crippen molar-refractivity contribution in [2.45, 2.75) is 19.3 Å². The predicted octanol–water partition coefficient (Wildman–Crippen LogP) is 2.08. The number of carbonyl (C=O) groups excluding carboxylic acids is 1. The fraction of sp³-hybridized carbons (Fsp3) is 0.308. The van der Waals surface area contributed by atoms with E-state index in [9.17, 15) is 9.18 Å². The molecule has 0 radical (unpaired) electrons. The molecule has 0 saturated carbocycles. The molecule has 2 heterocycles. The Hall–Kier alpha value is -1.84. The van der Waals surface area contributed by atoms with Crippen LogP contribution in [0.15, 0.2) is 18.2 Å². The van der Waals surface area contributed by atoms with Gasteiger partial charge >= 0.3 is 0 Å². The summed E-state index contributed by atoms with van der Waals surface area (Å²) in [4.78, 5) is 14.9. The molecule has 0 aliphatic carbocycles. The van der Waals surface area contributed by atoms with Gasteiger partial charge in [-0.1, -0.05) is 0 Å². The summed E-state index contributed by atoms with van der Waals surface area (Å²) in [5.74, 6) is -0.440. The Kier molecular flexibility index (Phi) is 2.18. The maximum Gasteiger partial charge on any atom is 0.228 e. The Labute approximate surface area is 98.0 Å². The third kappa shape index (κ3) is 1.52. The number of hydrogen-bond donors (Lipinski definition) is 2. The number of nitrogens with one attached hydrogen (secondary N) is 2. The minimum atomic E-state index is -0.258. The second-order valence-electron chi connectivity index (χ2n) is 4.47. The minimum Gasteiger partial charge on any atom is -0.357 e. The Morgan fingerprint density at radius 3 is 3.06 bits per heavy atom. The molecule has 1 aromatic heterocycles. The van der Waals surface area contributed by atoms with E-state index in [0.29, 0.717) is 6.54 Å². The van der Waals surface area contributed by atoms with Crippen LogP contribution in [0.5, 0.6) is 0 Å². The van der Waals surface area contributed by atoms with Gasteiger partial charge in [0, 0.05) is 23.1 Å². The molecule has 4 heteroatoms. The lowest BCUT2D eigenvalue weighted by molar-refractivity contribution is -0.122. The van der Waals surface area contributed by atoms with Crippen LogP contribution in [0.2, 0.25) is 0 Å². The van der Waals surface area contributed by atoms with Gasteiger partial charge in [-0.25, -0.2) is 4.39 Å². The number of hydrogen-bond acceptors (Lipinski definition) is 1. The van der Waals surface area contributed by atoms with Crippen molar-refractivity contribution >= 4 is 16.8 Å². The third-order valence-corrected chi connectivity index (χ3v) is 3.40. The Morgan fingerprint density at radius 2 is 2.24 bits per heavy atom. The summed E-state index contributed by atoms with van der Waals surface area (Å²) in [5.41, 5.74) is 2.82. The van der Waals surface area contributed by atoms with Gasteiger partial charge in [0.25, 0.3) is 0 Å². The van der Waals surface area contributed by atoms with Crippen molar-refractivity contribution in [2.24, 2.45) is 0 Å². The first-order chi connectivity index (χ1) is 8.16. The highest BCUT2D eigenvalue weighted by Gasteiger charge is 2.24. The monoisotopic (exact) mass is 232 g/mol. The lowest BCUT2D eigenvalue weighted by atomic mass is 10.0. The molecule has 1 aromatic carbocycles. The average molecular weight is 232 g/mol. The van der Waals surface area contributed by atoms with Crippen LogP contribution in [-0.2, 0) is 11.2 Å². The van der Waals surface area contributed by atoms with Crippen LogP contribution in [0.3, 0.4) is 0 Å².